The van der Waals surface area contributed by atoms with E-state index in [2.05, 4.69) is 4.90 Å². The lowest BCUT2D eigenvalue weighted by Crippen LogP contribution is -2.44. The first-order chi connectivity index (χ1) is 12.4. The van der Waals surface area contributed by atoms with Crippen molar-refractivity contribution in [3.05, 3.63) is 59.2 Å². The lowest BCUT2D eigenvalue weighted by molar-refractivity contribution is -0.138. The van der Waals surface area contributed by atoms with Gasteiger partial charge in [-0.3, -0.25) is 9.69 Å². The Morgan fingerprint density at radius 2 is 1.69 bits per heavy atom. The van der Waals surface area contributed by atoms with Crippen LogP contribution in [0.5, 0.6) is 0 Å². The van der Waals surface area contributed by atoms with Crippen molar-refractivity contribution in [1.29, 1.82) is 0 Å². The number of hydrogen-bond acceptors (Lipinski definition) is 3. The van der Waals surface area contributed by atoms with Gasteiger partial charge in [0.2, 0.25) is 6.29 Å². The Balaban J connectivity index is 1.92. The predicted octanol–water partition coefficient (Wildman–Crippen LogP) is 3.58. The molecule has 1 radical (unpaired) electrons. The number of rotatable bonds is 4. The number of carbonyl (C=O) groups excluding carboxylic acids is 1. The lowest BCUT2D eigenvalue weighted by atomic mass is 9.97. The Morgan fingerprint density at radius 1 is 1.00 bits per heavy atom. The maximum atomic E-state index is 13.6. The van der Waals surface area contributed by atoms with E-state index in [4.69, 9.17) is 0 Å². The fourth-order valence-corrected chi connectivity index (χ4v) is 3.17. The minimum Gasteiger partial charge on any atom is -0.304 e. The summed E-state index contributed by atoms with van der Waals surface area (Å²) in [6.07, 6.45) is -2.66. The van der Waals surface area contributed by atoms with Gasteiger partial charge >= 0.3 is 6.18 Å². The molecule has 0 aliphatic carbocycles. The average Bonchev–Trinajstić information content (AvgIpc) is 2.63. The molecule has 1 aliphatic heterocycles. The second kappa shape index (κ2) is 7.60. The third-order valence-corrected chi connectivity index (χ3v) is 4.72. The Labute approximate surface area is 151 Å². The predicted molar refractivity (Wildman–Crippen MR) is 94.4 cm³/mol. The molecule has 0 saturated carbocycles. The molecule has 0 aromatic heterocycles. The Bertz CT molecular complexity index is 781. The first-order valence-corrected chi connectivity index (χ1v) is 8.46. The molecule has 3 rings (SSSR count). The summed E-state index contributed by atoms with van der Waals surface area (Å²) in [5.41, 5.74) is 0.995. The van der Waals surface area contributed by atoms with Gasteiger partial charge in [0.15, 0.2) is 0 Å². The van der Waals surface area contributed by atoms with Crippen molar-refractivity contribution in [2.75, 3.05) is 33.2 Å². The highest BCUT2D eigenvalue weighted by molar-refractivity contribution is 5.79. The van der Waals surface area contributed by atoms with Crippen LogP contribution >= 0.6 is 0 Å². The zero-order valence-electron chi connectivity index (χ0n) is 14.5. The number of halogens is 3. The van der Waals surface area contributed by atoms with Crippen LogP contribution in [-0.2, 0) is 17.5 Å². The zero-order chi connectivity index (χ0) is 18.7. The van der Waals surface area contributed by atoms with Crippen molar-refractivity contribution in [2.45, 2.75) is 12.7 Å². The Hall–Kier alpha value is -2.18. The van der Waals surface area contributed by atoms with Gasteiger partial charge in [0.25, 0.3) is 0 Å². The number of benzene rings is 2. The molecule has 0 atom stereocenters. The molecule has 1 heterocycles. The largest absolute Gasteiger partial charge is 0.416 e. The van der Waals surface area contributed by atoms with Crippen LogP contribution in [0, 0.1) is 0 Å². The molecule has 1 aliphatic rings. The molecule has 137 valence electrons. The topological polar surface area (TPSA) is 23.6 Å². The molecule has 0 bridgehead atoms. The smallest absolute Gasteiger partial charge is 0.304 e. The van der Waals surface area contributed by atoms with E-state index in [1.807, 2.05) is 11.9 Å². The minimum atomic E-state index is -4.42. The normalized spacial score (nSPS) is 16.6. The molecule has 26 heavy (non-hydrogen) atoms. The van der Waals surface area contributed by atoms with Crippen molar-refractivity contribution in [3.8, 4) is 11.1 Å². The molecule has 6 heteroatoms. The van der Waals surface area contributed by atoms with Crippen LogP contribution in [0.3, 0.4) is 0 Å². The van der Waals surface area contributed by atoms with Gasteiger partial charge in [0, 0.05) is 38.3 Å². The van der Waals surface area contributed by atoms with Gasteiger partial charge in [-0.2, -0.15) is 13.2 Å². The van der Waals surface area contributed by atoms with E-state index in [1.54, 1.807) is 42.7 Å². The summed E-state index contributed by atoms with van der Waals surface area (Å²) in [5, 5.41) is 0. The van der Waals surface area contributed by atoms with E-state index in [-0.39, 0.29) is 12.1 Å². The van der Waals surface area contributed by atoms with Gasteiger partial charge in [-0.05, 0) is 35.9 Å². The second-order valence-corrected chi connectivity index (χ2v) is 6.63. The van der Waals surface area contributed by atoms with E-state index < -0.39 is 11.7 Å². The minimum absolute atomic E-state index is 0.281. The van der Waals surface area contributed by atoms with E-state index in [0.29, 0.717) is 16.7 Å². The van der Waals surface area contributed by atoms with E-state index in [1.165, 1.54) is 6.07 Å². The fraction of sp³-hybridized carbons (Fsp3) is 0.350. The highest BCUT2D eigenvalue weighted by atomic mass is 19.4. The molecule has 0 unspecified atom stereocenters. The van der Waals surface area contributed by atoms with E-state index >= 15 is 0 Å². The van der Waals surface area contributed by atoms with Crippen LogP contribution in [0.15, 0.2) is 42.5 Å². The summed E-state index contributed by atoms with van der Waals surface area (Å²) < 4.78 is 40.9. The molecular formula is C20H20F3N2O. The first kappa shape index (κ1) is 18.6. The molecule has 0 N–H and O–H groups in total. The summed E-state index contributed by atoms with van der Waals surface area (Å²) in [7, 11) is 2.01. The fourth-order valence-electron chi connectivity index (χ4n) is 3.17. The number of hydrogen-bond donors (Lipinski definition) is 0. The summed E-state index contributed by atoms with van der Waals surface area (Å²) in [4.78, 5) is 15.0. The monoisotopic (exact) mass is 361 g/mol. The molecule has 2 aromatic carbocycles. The maximum Gasteiger partial charge on any atom is 0.416 e. The highest BCUT2D eigenvalue weighted by Crippen LogP contribution is 2.35. The van der Waals surface area contributed by atoms with Gasteiger partial charge in [0.1, 0.15) is 0 Å². The molecule has 1 fully saturated rings. The van der Waals surface area contributed by atoms with Crippen molar-refractivity contribution in [2.24, 2.45) is 0 Å². The van der Waals surface area contributed by atoms with Gasteiger partial charge in [-0.15, -0.1) is 0 Å². The average molecular weight is 361 g/mol. The summed E-state index contributed by atoms with van der Waals surface area (Å²) in [6, 6.07) is 10.9. The number of likely N-dealkylation sites (N-methyl/N-ethyl adjacent to an activating group) is 1. The van der Waals surface area contributed by atoms with Crippen LogP contribution in [0.2, 0.25) is 0 Å². The van der Waals surface area contributed by atoms with Crippen LogP contribution in [0.4, 0.5) is 13.2 Å². The van der Waals surface area contributed by atoms with E-state index in [9.17, 15) is 18.0 Å². The van der Waals surface area contributed by atoms with Crippen molar-refractivity contribution in [3.63, 3.8) is 0 Å². The molecule has 1 saturated heterocycles. The van der Waals surface area contributed by atoms with Crippen LogP contribution < -0.4 is 0 Å². The molecular weight excluding hydrogens is 341 g/mol. The molecule has 0 amide bonds. The zero-order valence-corrected chi connectivity index (χ0v) is 14.5. The summed E-state index contributed by atoms with van der Waals surface area (Å²) in [6.45, 7) is 3.51. The molecule has 2 aromatic rings. The molecule has 3 nitrogen and oxygen atoms in total. The third-order valence-electron chi connectivity index (χ3n) is 4.72. The molecule has 0 spiro atoms. The number of alkyl halides is 3. The van der Waals surface area contributed by atoms with Gasteiger partial charge in [-0.25, -0.2) is 0 Å². The van der Waals surface area contributed by atoms with Crippen LogP contribution in [0.25, 0.3) is 11.1 Å². The standard InChI is InChI=1S/C20H20F3N2O/c1-24-7-9-25(10-8-24)13-18-6-5-17(12-19(18)20(21,22)23)16-4-2-3-15(11-16)14-26/h2-6,11-12H,7-10,13H2,1H3. The lowest BCUT2D eigenvalue weighted by Gasteiger charge is -2.33. The van der Waals surface area contributed by atoms with E-state index in [0.717, 1.165) is 26.2 Å². The maximum absolute atomic E-state index is 13.6. The number of piperazine rings is 1. The first-order valence-electron chi connectivity index (χ1n) is 8.46. The van der Waals surface area contributed by atoms with Crippen LogP contribution in [0.1, 0.15) is 16.7 Å². The van der Waals surface area contributed by atoms with Gasteiger partial charge in [0.05, 0.1) is 5.56 Å². The van der Waals surface area contributed by atoms with Crippen LogP contribution in [-0.4, -0.2) is 49.3 Å². The summed E-state index contributed by atoms with van der Waals surface area (Å²) in [5.74, 6) is 0. The van der Waals surface area contributed by atoms with Gasteiger partial charge < -0.3 is 4.90 Å². The van der Waals surface area contributed by atoms with Crippen molar-refractivity contribution < 1.29 is 18.0 Å². The Kier molecular flexibility index (Phi) is 5.44. The summed E-state index contributed by atoms with van der Waals surface area (Å²) >= 11 is 0. The third kappa shape index (κ3) is 4.31. The highest BCUT2D eigenvalue weighted by Gasteiger charge is 2.34. The van der Waals surface area contributed by atoms with Gasteiger partial charge in [-0.1, -0.05) is 30.3 Å². The second-order valence-electron chi connectivity index (χ2n) is 6.63. The van der Waals surface area contributed by atoms with Crippen molar-refractivity contribution in [1.82, 2.24) is 9.80 Å². The Morgan fingerprint density at radius 3 is 2.35 bits per heavy atom. The SMILES string of the molecule is CN1CCN(Cc2ccc(-c3cccc([C]=O)c3)cc2C(F)(F)F)CC1. The number of nitrogens with zero attached hydrogens (tertiary/aromatic N) is 2. The van der Waals surface area contributed by atoms with Crippen molar-refractivity contribution >= 4 is 6.29 Å². The quantitative estimate of drug-likeness (QED) is 0.832.